The lowest BCUT2D eigenvalue weighted by molar-refractivity contribution is 0.0784. The zero-order chi connectivity index (χ0) is 18.0. The Hall–Kier alpha value is -2.27. The Labute approximate surface area is 151 Å². The van der Waals surface area contributed by atoms with E-state index < -0.39 is 0 Å². The minimum atomic E-state index is -0.237. The van der Waals surface area contributed by atoms with E-state index in [9.17, 15) is 9.18 Å². The van der Waals surface area contributed by atoms with Crippen LogP contribution in [0.15, 0.2) is 36.4 Å². The van der Waals surface area contributed by atoms with Crippen LogP contribution < -0.4 is 10.5 Å². The summed E-state index contributed by atoms with van der Waals surface area (Å²) in [6.07, 6.45) is 1.73. The third kappa shape index (κ3) is 3.87. The van der Waals surface area contributed by atoms with Gasteiger partial charge < -0.3 is 15.4 Å². The quantitative estimate of drug-likeness (QED) is 0.842. The Kier molecular flexibility index (Phi) is 5.13. The van der Waals surface area contributed by atoms with E-state index in [4.69, 9.17) is 22.1 Å². The summed E-state index contributed by atoms with van der Waals surface area (Å²) < 4.78 is 18.3. The zero-order valence-corrected chi connectivity index (χ0v) is 14.7. The smallest absolute Gasteiger partial charge is 0.257 e. The zero-order valence-electron chi connectivity index (χ0n) is 14.0. The molecule has 1 saturated heterocycles. The van der Waals surface area contributed by atoms with Crippen molar-refractivity contribution in [1.29, 1.82) is 0 Å². The lowest BCUT2D eigenvalue weighted by Crippen LogP contribution is -2.29. The maximum atomic E-state index is 13.0. The molecule has 0 aromatic heterocycles. The number of rotatable bonds is 4. The van der Waals surface area contributed by atoms with Gasteiger partial charge in [0.15, 0.2) is 0 Å². The molecule has 1 aliphatic heterocycles. The number of nitrogens with zero attached hydrogens (tertiary/aromatic N) is 1. The number of nitrogen functional groups attached to an aromatic ring is 1. The molecule has 3 rings (SSSR count). The van der Waals surface area contributed by atoms with E-state index in [0.717, 1.165) is 18.4 Å². The first-order valence-electron chi connectivity index (χ1n) is 8.14. The molecule has 132 valence electrons. The summed E-state index contributed by atoms with van der Waals surface area (Å²) in [4.78, 5) is 14.6. The highest BCUT2D eigenvalue weighted by atomic mass is 35.5. The van der Waals surface area contributed by atoms with E-state index in [-0.39, 0.29) is 11.7 Å². The number of amides is 1. The molecule has 1 aliphatic rings. The molecule has 0 bridgehead atoms. The van der Waals surface area contributed by atoms with E-state index in [1.165, 1.54) is 19.2 Å². The SMILES string of the molecule is COc1cc(N)c(Cl)cc1C(=O)N1CCC(Cc2ccc(F)cc2)C1. The van der Waals surface area contributed by atoms with Crippen LogP contribution in [0.4, 0.5) is 10.1 Å². The van der Waals surface area contributed by atoms with Crippen LogP contribution in [-0.2, 0) is 6.42 Å². The van der Waals surface area contributed by atoms with Crippen molar-refractivity contribution in [3.63, 3.8) is 0 Å². The van der Waals surface area contributed by atoms with E-state index in [0.29, 0.717) is 41.0 Å². The predicted molar refractivity (Wildman–Crippen MR) is 96.5 cm³/mol. The van der Waals surface area contributed by atoms with Gasteiger partial charge in [0.2, 0.25) is 0 Å². The molecule has 1 atom stereocenters. The summed E-state index contributed by atoms with van der Waals surface area (Å²) in [5.74, 6) is 0.429. The predicted octanol–water partition coefficient (Wildman–Crippen LogP) is 3.77. The third-order valence-corrected chi connectivity index (χ3v) is 4.89. The number of benzene rings is 2. The van der Waals surface area contributed by atoms with Crippen LogP contribution in [-0.4, -0.2) is 31.0 Å². The Bertz CT molecular complexity index is 780. The molecule has 1 amide bonds. The third-order valence-electron chi connectivity index (χ3n) is 4.56. The number of methoxy groups -OCH3 is 1. The number of hydrogen-bond donors (Lipinski definition) is 1. The lowest BCUT2D eigenvalue weighted by Gasteiger charge is -2.19. The van der Waals surface area contributed by atoms with E-state index >= 15 is 0 Å². The Morgan fingerprint density at radius 3 is 2.76 bits per heavy atom. The summed E-state index contributed by atoms with van der Waals surface area (Å²) in [6, 6.07) is 9.65. The minimum Gasteiger partial charge on any atom is -0.496 e. The highest BCUT2D eigenvalue weighted by Crippen LogP contribution is 2.31. The van der Waals surface area contributed by atoms with Crippen LogP contribution in [0.2, 0.25) is 5.02 Å². The molecule has 1 unspecified atom stereocenters. The minimum absolute atomic E-state index is 0.111. The monoisotopic (exact) mass is 362 g/mol. The molecule has 1 heterocycles. The summed E-state index contributed by atoms with van der Waals surface area (Å²) in [5.41, 5.74) is 7.65. The Morgan fingerprint density at radius 2 is 2.08 bits per heavy atom. The van der Waals surface area contributed by atoms with Crippen molar-refractivity contribution in [3.05, 3.63) is 58.4 Å². The maximum Gasteiger partial charge on any atom is 0.257 e. The van der Waals surface area contributed by atoms with Crippen molar-refractivity contribution in [2.24, 2.45) is 5.92 Å². The van der Waals surface area contributed by atoms with E-state index in [2.05, 4.69) is 0 Å². The summed E-state index contributed by atoms with van der Waals surface area (Å²) in [6.45, 7) is 1.33. The molecule has 0 aliphatic carbocycles. The number of nitrogens with two attached hydrogens (primary N) is 1. The van der Waals surface area contributed by atoms with Gasteiger partial charge in [0.1, 0.15) is 11.6 Å². The number of carbonyl (C=O) groups is 1. The Balaban J connectivity index is 1.70. The van der Waals surface area contributed by atoms with Gasteiger partial charge in [-0.05, 0) is 42.5 Å². The fourth-order valence-electron chi connectivity index (χ4n) is 3.21. The summed E-state index contributed by atoms with van der Waals surface area (Å²) in [7, 11) is 1.50. The molecule has 0 spiro atoms. The number of halogens is 2. The van der Waals surface area contributed by atoms with Gasteiger partial charge in [-0.3, -0.25) is 4.79 Å². The second kappa shape index (κ2) is 7.31. The highest BCUT2D eigenvalue weighted by molar-refractivity contribution is 6.33. The van der Waals surface area contributed by atoms with Gasteiger partial charge >= 0.3 is 0 Å². The van der Waals surface area contributed by atoms with Crippen LogP contribution in [0.25, 0.3) is 0 Å². The van der Waals surface area contributed by atoms with Crippen molar-refractivity contribution in [2.45, 2.75) is 12.8 Å². The first kappa shape index (κ1) is 17.5. The molecule has 2 aromatic carbocycles. The average Bonchev–Trinajstić information content (AvgIpc) is 3.07. The first-order chi connectivity index (χ1) is 12.0. The lowest BCUT2D eigenvalue weighted by atomic mass is 9.99. The van der Waals surface area contributed by atoms with Crippen LogP contribution in [0, 0.1) is 11.7 Å². The van der Waals surface area contributed by atoms with Gasteiger partial charge in [-0.15, -0.1) is 0 Å². The van der Waals surface area contributed by atoms with E-state index in [1.54, 1.807) is 29.2 Å². The van der Waals surface area contributed by atoms with Crippen LogP contribution in [0.3, 0.4) is 0 Å². The summed E-state index contributed by atoms with van der Waals surface area (Å²) >= 11 is 6.06. The van der Waals surface area contributed by atoms with Crippen molar-refractivity contribution in [2.75, 3.05) is 25.9 Å². The van der Waals surface area contributed by atoms with Gasteiger partial charge in [-0.2, -0.15) is 0 Å². The summed E-state index contributed by atoms with van der Waals surface area (Å²) in [5, 5.41) is 0.339. The average molecular weight is 363 g/mol. The molecular weight excluding hydrogens is 343 g/mol. The number of anilines is 1. The van der Waals surface area contributed by atoms with Gasteiger partial charge in [-0.25, -0.2) is 4.39 Å². The molecule has 2 aromatic rings. The fraction of sp³-hybridized carbons (Fsp3) is 0.316. The molecule has 0 saturated carbocycles. The van der Waals surface area contributed by atoms with Crippen LogP contribution in [0.1, 0.15) is 22.3 Å². The normalized spacial score (nSPS) is 16.9. The van der Waals surface area contributed by atoms with Gasteiger partial charge in [0.25, 0.3) is 5.91 Å². The van der Waals surface area contributed by atoms with Gasteiger partial charge in [-0.1, -0.05) is 23.7 Å². The number of hydrogen-bond acceptors (Lipinski definition) is 3. The standard InChI is InChI=1S/C19H20ClFN2O2/c1-25-18-10-17(22)16(20)9-15(18)19(24)23-7-6-13(11-23)8-12-2-4-14(21)5-3-12/h2-5,9-10,13H,6-8,11,22H2,1H3. The molecule has 0 radical (unpaired) electrons. The Morgan fingerprint density at radius 1 is 1.36 bits per heavy atom. The molecule has 6 heteroatoms. The largest absolute Gasteiger partial charge is 0.496 e. The van der Waals surface area contributed by atoms with Crippen molar-refractivity contribution in [3.8, 4) is 5.75 Å². The first-order valence-corrected chi connectivity index (χ1v) is 8.52. The van der Waals surface area contributed by atoms with Crippen molar-refractivity contribution >= 4 is 23.2 Å². The second-order valence-corrected chi connectivity index (χ2v) is 6.72. The molecule has 4 nitrogen and oxygen atoms in total. The number of carbonyl (C=O) groups excluding carboxylic acids is 1. The fourth-order valence-corrected chi connectivity index (χ4v) is 3.38. The highest BCUT2D eigenvalue weighted by Gasteiger charge is 2.29. The molecule has 25 heavy (non-hydrogen) atoms. The van der Waals surface area contributed by atoms with Crippen molar-refractivity contribution in [1.82, 2.24) is 4.90 Å². The number of likely N-dealkylation sites (tertiary alicyclic amines) is 1. The van der Waals surface area contributed by atoms with Crippen LogP contribution >= 0.6 is 11.6 Å². The van der Waals surface area contributed by atoms with Crippen molar-refractivity contribution < 1.29 is 13.9 Å². The van der Waals surface area contributed by atoms with E-state index in [1.807, 2.05) is 0 Å². The van der Waals surface area contributed by atoms with Gasteiger partial charge in [0.05, 0.1) is 23.4 Å². The topological polar surface area (TPSA) is 55.6 Å². The molecule has 2 N–H and O–H groups in total. The maximum absolute atomic E-state index is 13.0. The molecular formula is C19H20ClFN2O2. The molecule has 1 fully saturated rings. The number of ether oxygens (including phenoxy) is 1. The van der Waals surface area contributed by atoms with Gasteiger partial charge in [0, 0.05) is 19.2 Å². The second-order valence-electron chi connectivity index (χ2n) is 6.31. The van der Waals surface area contributed by atoms with Crippen LogP contribution in [0.5, 0.6) is 5.75 Å².